The van der Waals surface area contributed by atoms with Gasteiger partial charge < -0.3 is 0 Å². The van der Waals surface area contributed by atoms with Gasteiger partial charge >= 0.3 is 0 Å². The molecule has 0 aliphatic carbocycles. The van der Waals surface area contributed by atoms with Gasteiger partial charge in [-0.25, -0.2) is 0 Å². The normalized spacial score (nSPS) is 11.7. The summed E-state index contributed by atoms with van der Waals surface area (Å²) in [5.74, 6) is 3.57. The Morgan fingerprint density at radius 1 is 0.792 bits per heavy atom. The standard InChI is InChI=1S/C22H29NSi/c1-17(2)24(18(3)4,19(5)6)16-14-20-11-7-8-12-21(20)22-13-9-10-15-23-22/h7-13,15,17-19H,1-6H3. The van der Waals surface area contributed by atoms with Crippen molar-refractivity contribution < 1.29 is 0 Å². The van der Waals surface area contributed by atoms with Gasteiger partial charge in [-0.05, 0) is 34.8 Å². The second-order valence-corrected chi connectivity index (χ2v) is 13.0. The SMILES string of the molecule is CC(C)[Si](C#Cc1ccccc1-c1ccccn1)(C(C)C)C(C)C. The van der Waals surface area contributed by atoms with Gasteiger partial charge in [0.1, 0.15) is 8.07 Å². The third-order valence-corrected chi connectivity index (χ3v) is 11.4. The monoisotopic (exact) mass is 335 g/mol. The predicted molar refractivity (Wildman–Crippen MR) is 108 cm³/mol. The molecule has 24 heavy (non-hydrogen) atoms. The van der Waals surface area contributed by atoms with E-state index in [1.54, 1.807) is 0 Å². The molecule has 0 unspecified atom stereocenters. The van der Waals surface area contributed by atoms with Crippen LogP contribution in [0.5, 0.6) is 0 Å². The van der Waals surface area contributed by atoms with Crippen molar-refractivity contribution >= 4 is 8.07 Å². The molecule has 1 nitrogen and oxygen atoms in total. The van der Waals surface area contributed by atoms with Gasteiger partial charge in [-0.1, -0.05) is 71.7 Å². The van der Waals surface area contributed by atoms with Crippen LogP contribution in [0.25, 0.3) is 11.3 Å². The molecular weight excluding hydrogens is 306 g/mol. The molecule has 0 aliphatic rings. The fourth-order valence-corrected chi connectivity index (χ4v) is 9.16. The number of hydrogen-bond donors (Lipinski definition) is 0. The number of rotatable bonds is 4. The fourth-order valence-electron chi connectivity index (χ4n) is 3.95. The maximum Gasteiger partial charge on any atom is 0.146 e. The molecule has 0 atom stereocenters. The molecule has 0 saturated heterocycles. The zero-order valence-corrected chi connectivity index (χ0v) is 16.8. The number of aromatic nitrogens is 1. The first-order valence-corrected chi connectivity index (χ1v) is 11.2. The highest BCUT2D eigenvalue weighted by molar-refractivity contribution is 6.90. The molecule has 0 bridgehead atoms. The Labute approximate surface area is 148 Å². The summed E-state index contributed by atoms with van der Waals surface area (Å²) in [6.07, 6.45) is 1.84. The topological polar surface area (TPSA) is 12.9 Å². The molecule has 0 N–H and O–H groups in total. The largest absolute Gasteiger partial charge is 0.256 e. The number of pyridine rings is 1. The Hall–Kier alpha value is -1.85. The van der Waals surface area contributed by atoms with Gasteiger partial charge in [-0.3, -0.25) is 4.98 Å². The fraction of sp³-hybridized carbons (Fsp3) is 0.409. The van der Waals surface area contributed by atoms with Crippen LogP contribution in [0.3, 0.4) is 0 Å². The van der Waals surface area contributed by atoms with Crippen molar-refractivity contribution in [2.24, 2.45) is 0 Å². The van der Waals surface area contributed by atoms with Crippen molar-refractivity contribution in [2.45, 2.75) is 58.2 Å². The lowest BCUT2D eigenvalue weighted by Gasteiger charge is -2.38. The highest BCUT2D eigenvalue weighted by Crippen LogP contribution is 2.40. The smallest absolute Gasteiger partial charge is 0.146 e. The molecule has 2 heteroatoms. The number of benzene rings is 1. The summed E-state index contributed by atoms with van der Waals surface area (Å²) in [5.41, 5.74) is 8.97. The van der Waals surface area contributed by atoms with Gasteiger partial charge in [0.25, 0.3) is 0 Å². The van der Waals surface area contributed by atoms with Crippen LogP contribution < -0.4 is 0 Å². The summed E-state index contributed by atoms with van der Waals surface area (Å²) in [6, 6.07) is 14.4. The van der Waals surface area contributed by atoms with Crippen LogP contribution in [0.4, 0.5) is 0 Å². The predicted octanol–water partition coefficient (Wildman–Crippen LogP) is 6.32. The van der Waals surface area contributed by atoms with E-state index in [9.17, 15) is 0 Å². The molecule has 1 aromatic carbocycles. The van der Waals surface area contributed by atoms with Crippen LogP contribution in [0.1, 0.15) is 47.1 Å². The van der Waals surface area contributed by atoms with Crippen LogP contribution in [0.2, 0.25) is 16.6 Å². The zero-order valence-electron chi connectivity index (χ0n) is 15.8. The number of nitrogens with zero attached hydrogens (tertiary/aromatic N) is 1. The molecule has 0 saturated carbocycles. The van der Waals surface area contributed by atoms with Crippen LogP contribution in [0, 0.1) is 11.5 Å². The van der Waals surface area contributed by atoms with Gasteiger partial charge in [0, 0.05) is 17.3 Å². The summed E-state index contributed by atoms with van der Waals surface area (Å²) >= 11 is 0. The van der Waals surface area contributed by atoms with E-state index >= 15 is 0 Å². The van der Waals surface area contributed by atoms with E-state index in [1.165, 1.54) is 0 Å². The Bertz CT molecular complexity index is 699. The van der Waals surface area contributed by atoms with Crippen molar-refractivity contribution in [3.63, 3.8) is 0 Å². The van der Waals surface area contributed by atoms with Gasteiger partial charge in [0.05, 0.1) is 5.69 Å². The van der Waals surface area contributed by atoms with Crippen LogP contribution in [-0.2, 0) is 0 Å². The Kier molecular flexibility index (Phi) is 6.02. The average molecular weight is 336 g/mol. The lowest BCUT2D eigenvalue weighted by Crippen LogP contribution is -2.43. The second-order valence-electron chi connectivity index (χ2n) is 7.41. The lowest BCUT2D eigenvalue weighted by molar-refractivity contribution is 0.838. The van der Waals surface area contributed by atoms with Crippen molar-refractivity contribution in [3.05, 3.63) is 54.2 Å². The first-order chi connectivity index (χ1) is 11.4. The molecular formula is C22H29NSi. The second kappa shape index (κ2) is 7.81. The quantitative estimate of drug-likeness (QED) is 0.471. The van der Waals surface area contributed by atoms with Crippen molar-refractivity contribution in [1.29, 1.82) is 0 Å². The van der Waals surface area contributed by atoms with E-state index in [2.05, 4.69) is 88.3 Å². The first-order valence-electron chi connectivity index (χ1n) is 8.93. The molecule has 1 heterocycles. The van der Waals surface area contributed by atoms with Crippen LogP contribution >= 0.6 is 0 Å². The van der Waals surface area contributed by atoms with Gasteiger partial charge in [0.2, 0.25) is 0 Å². The lowest BCUT2D eigenvalue weighted by atomic mass is 10.0. The van der Waals surface area contributed by atoms with E-state index in [0.717, 1.165) is 16.8 Å². The van der Waals surface area contributed by atoms with Crippen LogP contribution in [0.15, 0.2) is 48.7 Å². The third-order valence-electron chi connectivity index (χ3n) is 5.15. The zero-order chi connectivity index (χ0) is 17.7. The maximum atomic E-state index is 4.50. The molecule has 0 fully saturated rings. The highest BCUT2D eigenvalue weighted by atomic mass is 28.3. The molecule has 126 valence electrons. The molecule has 0 aliphatic heterocycles. The minimum absolute atomic E-state index is 0.645. The summed E-state index contributed by atoms with van der Waals surface area (Å²) in [4.78, 5) is 4.50. The summed E-state index contributed by atoms with van der Waals surface area (Å²) in [6.45, 7) is 14.1. The first kappa shape index (κ1) is 18.5. The Balaban J connectivity index is 2.55. The molecule has 2 rings (SSSR count). The van der Waals surface area contributed by atoms with Gasteiger partial charge in [0.15, 0.2) is 0 Å². The third kappa shape index (κ3) is 3.62. The van der Waals surface area contributed by atoms with Gasteiger partial charge in [-0.2, -0.15) is 0 Å². The highest BCUT2D eigenvalue weighted by Gasteiger charge is 2.41. The van der Waals surface area contributed by atoms with Crippen molar-refractivity contribution in [3.8, 4) is 22.7 Å². The maximum absolute atomic E-state index is 4.50. The molecule has 0 amide bonds. The summed E-state index contributed by atoms with van der Waals surface area (Å²) < 4.78 is 0. The molecule has 1 aromatic heterocycles. The summed E-state index contributed by atoms with van der Waals surface area (Å²) in [5, 5.41) is 0. The van der Waals surface area contributed by atoms with Crippen molar-refractivity contribution in [2.75, 3.05) is 0 Å². The molecule has 2 aromatic rings. The Morgan fingerprint density at radius 2 is 1.38 bits per heavy atom. The molecule has 0 radical (unpaired) electrons. The van der Waals surface area contributed by atoms with E-state index in [0.29, 0.717) is 16.6 Å². The van der Waals surface area contributed by atoms with E-state index in [4.69, 9.17) is 0 Å². The number of hydrogen-bond acceptors (Lipinski definition) is 1. The minimum Gasteiger partial charge on any atom is -0.256 e. The Morgan fingerprint density at radius 3 is 1.92 bits per heavy atom. The van der Waals surface area contributed by atoms with Crippen molar-refractivity contribution in [1.82, 2.24) is 4.98 Å². The van der Waals surface area contributed by atoms with E-state index in [-0.39, 0.29) is 0 Å². The minimum atomic E-state index is -1.72. The molecule has 0 spiro atoms. The van der Waals surface area contributed by atoms with E-state index < -0.39 is 8.07 Å². The van der Waals surface area contributed by atoms with Gasteiger partial charge in [-0.15, -0.1) is 5.54 Å². The van der Waals surface area contributed by atoms with Crippen LogP contribution in [-0.4, -0.2) is 13.1 Å². The average Bonchev–Trinajstić information content (AvgIpc) is 2.55. The van der Waals surface area contributed by atoms with E-state index in [1.807, 2.05) is 18.3 Å². The summed E-state index contributed by atoms with van der Waals surface area (Å²) in [7, 11) is -1.72.